The molecule has 0 bridgehead atoms. The molecule has 0 aliphatic carbocycles. The van der Waals surface area contributed by atoms with E-state index < -0.39 is 13.9 Å². The number of aromatic nitrogens is 1. The normalized spacial score (nSPS) is 16.0. The van der Waals surface area contributed by atoms with E-state index in [0.29, 0.717) is 10.8 Å². The van der Waals surface area contributed by atoms with E-state index in [1.807, 2.05) is 30.5 Å². The van der Waals surface area contributed by atoms with Crippen LogP contribution in [0.2, 0.25) is 18.1 Å². The summed E-state index contributed by atoms with van der Waals surface area (Å²) in [4.78, 5) is 4.35. The summed E-state index contributed by atoms with van der Waals surface area (Å²) in [6.45, 7) is 13.0. The van der Waals surface area contributed by atoms with Crippen molar-refractivity contribution in [2.75, 3.05) is 7.11 Å². The maximum atomic E-state index is 11.4. The van der Waals surface area contributed by atoms with Crippen LogP contribution in [0.5, 0.6) is 11.5 Å². The standard InChI is InChI=1S/C19H28INO3SSi/c1-13(20)19(22,17-21-10-11-25-17)14-8-9-15(16(12-14)23-5)24-26(6,7)18(2,3)4/h8-13,22H,1-7H3. The van der Waals surface area contributed by atoms with Crippen molar-refractivity contribution in [3.05, 3.63) is 40.3 Å². The summed E-state index contributed by atoms with van der Waals surface area (Å²) in [5.74, 6) is 1.37. The second-order valence-electron chi connectivity index (χ2n) is 7.95. The molecule has 0 aliphatic rings. The third-order valence-corrected chi connectivity index (χ3v) is 11.3. The minimum absolute atomic E-state index is 0.0666. The van der Waals surface area contributed by atoms with Gasteiger partial charge < -0.3 is 14.3 Å². The van der Waals surface area contributed by atoms with Crippen molar-refractivity contribution in [1.82, 2.24) is 4.98 Å². The first-order chi connectivity index (χ1) is 11.9. The SMILES string of the molecule is COc1cc(C(O)(c2nccs2)C(C)I)ccc1O[Si](C)(C)C(C)(C)C. The smallest absolute Gasteiger partial charge is 0.250 e. The predicted molar refractivity (Wildman–Crippen MR) is 119 cm³/mol. The largest absolute Gasteiger partial charge is 0.541 e. The molecule has 0 radical (unpaired) electrons. The fraction of sp³-hybridized carbons (Fsp3) is 0.526. The number of nitrogens with zero attached hydrogens (tertiary/aromatic N) is 1. The Labute approximate surface area is 175 Å². The van der Waals surface area contributed by atoms with Gasteiger partial charge >= 0.3 is 0 Å². The highest BCUT2D eigenvalue weighted by Crippen LogP contribution is 2.43. The minimum atomic E-state index is -1.99. The zero-order chi connectivity index (χ0) is 19.8. The molecule has 144 valence electrons. The summed E-state index contributed by atoms with van der Waals surface area (Å²) in [5, 5.41) is 14.1. The maximum Gasteiger partial charge on any atom is 0.250 e. The lowest BCUT2D eigenvalue weighted by Gasteiger charge is -2.37. The van der Waals surface area contributed by atoms with Gasteiger partial charge in [-0.25, -0.2) is 4.98 Å². The van der Waals surface area contributed by atoms with Gasteiger partial charge in [0.25, 0.3) is 8.32 Å². The number of benzene rings is 1. The quantitative estimate of drug-likeness (QED) is 0.316. The molecule has 4 nitrogen and oxygen atoms in total. The first-order valence-electron chi connectivity index (χ1n) is 8.57. The van der Waals surface area contributed by atoms with Crippen molar-refractivity contribution >= 4 is 42.2 Å². The third kappa shape index (κ3) is 4.10. The Kier molecular flexibility index (Phi) is 6.47. The summed E-state index contributed by atoms with van der Waals surface area (Å²) < 4.78 is 12.0. The second kappa shape index (κ2) is 7.77. The van der Waals surface area contributed by atoms with E-state index >= 15 is 0 Å². The van der Waals surface area contributed by atoms with E-state index in [1.165, 1.54) is 11.3 Å². The lowest BCUT2D eigenvalue weighted by atomic mass is 9.91. The van der Waals surface area contributed by atoms with E-state index in [1.54, 1.807) is 13.3 Å². The average Bonchev–Trinajstić information content (AvgIpc) is 3.07. The monoisotopic (exact) mass is 505 g/mol. The number of aliphatic hydroxyl groups is 1. The van der Waals surface area contributed by atoms with Crippen LogP contribution in [0.1, 0.15) is 38.3 Å². The van der Waals surface area contributed by atoms with Gasteiger partial charge in [0, 0.05) is 15.5 Å². The molecule has 0 saturated heterocycles. The van der Waals surface area contributed by atoms with Crippen molar-refractivity contribution < 1.29 is 14.3 Å². The number of hydrogen-bond acceptors (Lipinski definition) is 5. The van der Waals surface area contributed by atoms with E-state index in [0.717, 1.165) is 11.3 Å². The second-order valence-corrected chi connectivity index (χ2v) is 15.4. The van der Waals surface area contributed by atoms with Gasteiger partial charge in [-0.1, -0.05) is 49.4 Å². The Balaban J connectivity index is 2.48. The molecule has 1 N–H and O–H groups in total. The van der Waals surface area contributed by atoms with Crippen molar-refractivity contribution in [3.8, 4) is 11.5 Å². The summed E-state index contributed by atoms with van der Waals surface area (Å²) in [5.41, 5.74) is -0.411. The molecule has 2 atom stereocenters. The number of alkyl halides is 1. The number of ether oxygens (including phenoxy) is 1. The summed E-state index contributed by atoms with van der Waals surface area (Å²) in [6.07, 6.45) is 1.72. The Morgan fingerprint density at radius 2 is 1.88 bits per heavy atom. The van der Waals surface area contributed by atoms with Gasteiger partial charge in [-0.3, -0.25) is 0 Å². The molecule has 0 aliphatic heterocycles. The molecule has 0 fully saturated rings. The Bertz CT molecular complexity index is 744. The topological polar surface area (TPSA) is 51.6 Å². The lowest BCUT2D eigenvalue weighted by Crippen LogP contribution is -2.44. The zero-order valence-corrected chi connectivity index (χ0v) is 20.4. The highest BCUT2D eigenvalue weighted by molar-refractivity contribution is 14.1. The maximum absolute atomic E-state index is 11.4. The Morgan fingerprint density at radius 3 is 2.35 bits per heavy atom. The molecule has 2 unspecified atom stereocenters. The van der Waals surface area contributed by atoms with Gasteiger partial charge in [0.2, 0.25) is 0 Å². The fourth-order valence-corrected chi connectivity index (χ4v) is 5.09. The number of rotatable bonds is 6. The van der Waals surface area contributed by atoms with Crippen LogP contribution in [0.4, 0.5) is 0 Å². The Morgan fingerprint density at radius 1 is 1.23 bits per heavy atom. The van der Waals surface area contributed by atoms with Crippen LogP contribution in [0.25, 0.3) is 0 Å². The summed E-state index contributed by atoms with van der Waals surface area (Å²) in [7, 11) is -0.353. The van der Waals surface area contributed by atoms with Crippen LogP contribution in [-0.2, 0) is 5.60 Å². The van der Waals surface area contributed by atoms with Crippen LogP contribution in [0.3, 0.4) is 0 Å². The molecule has 0 amide bonds. The van der Waals surface area contributed by atoms with Crippen molar-refractivity contribution in [1.29, 1.82) is 0 Å². The van der Waals surface area contributed by atoms with E-state index in [9.17, 15) is 5.11 Å². The zero-order valence-electron chi connectivity index (χ0n) is 16.5. The first-order valence-corrected chi connectivity index (χ1v) is 13.6. The predicted octanol–water partition coefficient (Wildman–Crippen LogP) is 5.60. The molecule has 26 heavy (non-hydrogen) atoms. The van der Waals surface area contributed by atoms with Gasteiger partial charge in [-0.2, -0.15) is 0 Å². The molecule has 2 aromatic rings. The van der Waals surface area contributed by atoms with Gasteiger partial charge in [0.15, 0.2) is 11.4 Å². The lowest BCUT2D eigenvalue weighted by molar-refractivity contribution is 0.0866. The molecular weight excluding hydrogens is 477 g/mol. The highest BCUT2D eigenvalue weighted by atomic mass is 127. The molecule has 0 saturated carbocycles. The van der Waals surface area contributed by atoms with Gasteiger partial charge in [0.05, 0.1) is 7.11 Å². The summed E-state index contributed by atoms with van der Waals surface area (Å²) >= 11 is 3.70. The molecule has 2 rings (SSSR count). The number of methoxy groups -OCH3 is 1. The van der Waals surface area contributed by atoms with Crippen LogP contribution in [0, 0.1) is 0 Å². The van der Waals surface area contributed by atoms with Crippen LogP contribution < -0.4 is 9.16 Å². The van der Waals surface area contributed by atoms with Crippen LogP contribution in [0.15, 0.2) is 29.8 Å². The van der Waals surface area contributed by atoms with Crippen molar-refractivity contribution in [2.45, 2.75) is 55.4 Å². The van der Waals surface area contributed by atoms with Gasteiger partial charge in [-0.05, 0) is 42.8 Å². The van der Waals surface area contributed by atoms with Crippen LogP contribution in [-0.4, -0.2) is 29.4 Å². The molecule has 0 spiro atoms. The highest BCUT2D eigenvalue weighted by Gasteiger charge is 2.41. The number of hydrogen-bond donors (Lipinski definition) is 1. The third-order valence-electron chi connectivity index (χ3n) is 5.11. The average molecular weight is 505 g/mol. The van der Waals surface area contributed by atoms with Gasteiger partial charge in [-0.15, -0.1) is 11.3 Å². The van der Waals surface area contributed by atoms with E-state index in [4.69, 9.17) is 9.16 Å². The number of thiazole rings is 1. The first kappa shape index (κ1) is 21.7. The Hall–Kier alpha value is -0.643. The fourth-order valence-electron chi connectivity index (χ4n) is 2.35. The van der Waals surface area contributed by atoms with Crippen molar-refractivity contribution in [2.24, 2.45) is 0 Å². The molecule has 1 heterocycles. The van der Waals surface area contributed by atoms with E-state index in [2.05, 4.69) is 61.4 Å². The minimum Gasteiger partial charge on any atom is -0.541 e. The summed E-state index contributed by atoms with van der Waals surface area (Å²) in [6, 6.07) is 5.70. The van der Waals surface area contributed by atoms with Crippen LogP contribution >= 0.6 is 33.9 Å². The molecule has 1 aromatic heterocycles. The molecule has 1 aromatic carbocycles. The molecular formula is C19H28INO3SSi. The van der Waals surface area contributed by atoms with Gasteiger partial charge in [0.1, 0.15) is 10.8 Å². The number of halogens is 1. The van der Waals surface area contributed by atoms with E-state index in [-0.39, 0.29) is 8.96 Å². The molecule has 7 heteroatoms. The van der Waals surface area contributed by atoms with Crippen molar-refractivity contribution in [3.63, 3.8) is 0 Å².